The maximum atomic E-state index is 12.4. The average molecular weight is 477 g/mol. The average Bonchev–Trinajstić information content (AvgIpc) is 3.48. The molecule has 174 valence electrons. The number of carbonyl (C=O) groups is 1. The molecule has 0 spiro atoms. The van der Waals surface area contributed by atoms with Gasteiger partial charge in [0.25, 0.3) is 5.91 Å². The minimum atomic E-state index is -0.245. The van der Waals surface area contributed by atoms with Crippen LogP contribution in [-0.2, 0) is 11.8 Å². The Labute approximate surface area is 201 Å². The lowest BCUT2D eigenvalue weighted by Gasteiger charge is -2.12. The Balaban J connectivity index is 1.56. The summed E-state index contributed by atoms with van der Waals surface area (Å²) in [6, 6.07) is 19.1. The van der Waals surface area contributed by atoms with Crippen LogP contribution in [0, 0.1) is 0 Å². The molecule has 0 aliphatic heterocycles. The lowest BCUT2D eigenvalue weighted by atomic mass is 10.2. The number of carbonyl (C=O) groups excluding carboxylic acids is 1. The van der Waals surface area contributed by atoms with Crippen LogP contribution in [0.15, 0.2) is 77.1 Å². The van der Waals surface area contributed by atoms with Gasteiger partial charge in [0, 0.05) is 24.5 Å². The number of aromatic nitrogens is 4. The van der Waals surface area contributed by atoms with E-state index >= 15 is 0 Å². The highest BCUT2D eigenvalue weighted by Crippen LogP contribution is 2.34. The van der Waals surface area contributed by atoms with Crippen molar-refractivity contribution >= 4 is 23.9 Å². The molecule has 0 aliphatic carbocycles. The van der Waals surface area contributed by atoms with E-state index in [1.165, 1.54) is 11.8 Å². The largest absolute Gasteiger partial charge is 0.493 e. The number of aryl methyl sites for hydroxylation is 1. The lowest BCUT2D eigenvalue weighted by Crippen LogP contribution is -2.20. The topological polar surface area (TPSA) is 95.6 Å². The summed E-state index contributed by atoms with van der Waals surface area (Å²) in [5, 5.41) is 13.4. The first-order chi connectivity index (χ1) is 16.6. The number of amides is 1. The molecule has 10 heteroatoms. The molecule has 0 atom stereocenters. The molecular formula is C24H24N6O3S. The van der Waals surface area contributed by atoms with Crippen molar-refractivity contribution in [1.82, 2.24) is 24.8 Å². The second kappa shape index (κ2) is 10.7. The molecule has 0 unspecified atom stereocenters. The smallest absolute Gasteiger partial charge is 0.250 e. The van der Waals surface area contributed by atoms with E-state index in [4.69, 9.17) is 9.47 Å². The molecule has 0 saturated heterocycles. The van der Waals surface area contributed by atoms with Crippen molar-refractivity contribution in [2.24, 2.45) is 12.1 Å². The molecule has 34 heavy (non-hydrogen) atoms. The quantitative estimate of drug-likeness (QED) is 0.226. The Morgan fingerprint density at radius 1 is 1.06 bits per heavy atom. The fraction of sp³-hybridized carbons (Fsp3) is 0.167. The summed E-state index contributed by atoms with van der Waals surface area (Å²) < 4.78 is 14.6. The SMILES string of the molecule is COc1ccc(-c2nnc(SCC(=O)N/N=C\c3cccn3C)n2-c2ccccc2)cc1OC. The van der Waals surface area contributed by atoms with Crippen LogP contribution in [0.2, 0.25) is 0 Å². The third kappa shape index (κ3) is 5.12. The van der Waals surface area contributed by atoms with E-state index < -0.39 is 0 Å². The molecule has 1 amide bonds. The van der Waals surface area contributed by atoms with Crippen molar-refractivity contribution in [3.63, 3.8) is 0 Å². The molecule has 2 aromatic heterocycles. The second-order valence-electron chi connectivity index (χ2n) is 7.17. The van der Waals surface area contributed by atoms with Crippen molar-refractivity contribution in [2.75, 3.05) is 20.0 Å². The number of hydrogen-bond acceptors (Lipinski definition) is 7. The number of hydrogen-bond donors (Lipinski definition) is 1. The zero-order valence-electron chi connectivity index (χ0n) is 19.0. The van der Waals surface area contributed by atoms with E-state index in [9.17, 15) is 4.79 Å². The zero-order chi connectivity index (χ0) is 23.9. The summed E-state index contributed by atoms with van der Waals surface area (Å²) in [6.07, 6.45) is 3.51. The molecule has 0 radical (unpaired) electrons. The highest BCUT2D eigenvalue weighted by molar-refractivity contribution is 7.99. The van der Waals surface area contributed by atoms with Crippen LogP contribution in [-0.4, -0.2) is 51.4 Å². The number of rotatable bonds is 9. The van der Waals surface area contributed by atoms with E-state index in [0.29, 0.717) is 22.5 Å². The molecule has 9 nitrogen and oxygen atoms in total. The molecule has 4 aromatic rings. The summed E-state index contributed by atoms with van der Waals surface area (Å²) in [6.45, 7) is 0. The Kier molecular flexibility index (Phi) is 7.28. The molecule has 0 fully saturated rings. The highest BCUT2D eigenvalue weighted by Gasteiger charge is 2.18. The van der Waals surface area contributed by atoms with Gasteiger partial charge in [-0.05, 0) is 42.5 Å². The van der Waals surface area contributed by atoms with E-state index in [0.717, 1.165) is 16.9 Å². The first-order valence-electron chi connectivity index (χ1n) is 10.4. The third-order valence-electron chi connectivity index (χ3n) is 4.99. The fourth-order valence-corrected chi connectivity index (χ4v) is 4.02. The molecule has 1 N–H and O–H groups in total. The van der Waals surface area contributed by atoms with Crippen molar-refractivity contribution < 1.29 is 14.3 Å². The first-order valence-corrected chi connectivity index (χ1v) is 11.4. The summed E-state index contributed by atoms with van der Waals surface area (Å²) in [5.41, 5.74) is 5.12. The van der Waals surface area contributed by atoms with Gasteiger partial charge in [-0.15, -0.1) is 10.2 Å². The number of methoxy groups -OCH3 is 2. The van der Waals surface area contributed by atoms with Crippen molar-refractivity contribution in [3.8, 4) is 28.6 Å². The van der Waals surface area contributed by atoms with Gasteiger partial charge in [-0.3, -0.25) is 9.36 Å². The number of nitrogens with one attached hydrogen (secondary N) is 1. The molecular weight excluding hydrogens is 452 g/mol. The Hall–Kier alpha value is -4.05. The van der Waals surface area contributed by atoms with Gasteiger partial charge in [-0.2, -0.15) is 5.10 Å². The molecule has 0 aliphatic rings. The van der Waals surface area contributed by atoms with Gasteiger partial charge in [-0.25, -0.2) is 5.43 Å². The number of thioether (sulfide) groups is 1. The predicted octanol–water partition coefficient (Wildman–Crippen LogP) is 3.53. The standard InChI is InChI=1S/C24H24N6O3S/c1-29-13-7-10-19(29)15-25-26-22(31)16-34-24-28-27-23(30(24)18-8-5-4-6-9-18)17-11-12-20(32-2)21(14-17)33-3/h4-15H,16H2,1-3H3,(H,26,31)/b25-15-. The third-order valence-corrected chi connectivity index (χ3v) is 5.92. The van der Waals surface area contributed by atoms with Gasteiger partial charge in [0.05, 0.1) is 31.9 Å². The number of para-hydroxylation sites is 1. The van der Waals surface area contributed by atoms with Crippen LogP contribution >= 0.6 is 11.8 Å². The summed E-state index contributed by atoms with van der Waals surface area (Å²) in [7, 11) is 5.09. The Morgan fingerprint density at radius 3 is 2.56 bits per heavy atom. The molecule has 4 rings (SSSR count). The molecule has 0 bridgehead atoms. The number of nitrogens with zero attached hydrogens (tertiary/aromatic N) is 5. The lowest BCUT2D eigenvalue weighted by molar-refractivity contribution is -0.118. The number of ether oxygens (including phenoxy) is 2. The van der Waals surface area contributed by atoms with E-state index in [1.807, 2.05) is 83.0 Å². The molecule has 2 aromatic carbocycles. The van der Waals surface area contributed by atoms with Crippen LogP contribution in [0.1, 0.15) is 5.69 Å². The molecule has 0 saturated carbocycles. The van der Waals surface area contributed by atoms with Crippen molar-refractivity contribution in [2.45, 2.75) is 5.16 Å². The summed E-state index contributed by atoms with van der Waals surface area (Å²) >= 11 is 1.28. The van der Waals surface area contributed by atoms with E-state index in [2.05, 4.69) is 20.7 Å². The summed E-state index contributed by atoms with van der Waals surface area (Å²) in [5.74, 6) is 1.72. The fourth-order valence-electron chi connectivity index (χ4n) is 3.28. The summed E-state index contributed by atoms with van der Waals surface area (Å²) in [4.78, 5) is 12.4. The maximum absolute atomic E-state index is 12.4. The first kappa shape index (κ1) is 23.1. The maximum Gasteiger partial charge on any atom is 0.250 e. The van der Waals surface area contributed by atoms with Crippen LogP contribution in [0.4, 0.5) is 0 Å². The van der Waals surface area contributed by atoms with E-state index in [1.54, 1.807) is 20.4 Å². The minimum absolute atomic E-state index is 0.126. The van der Waals surface area contributed by atoms with Gasteiger partial charge in [-0.1, -0.05) is 30.0 Å². The van der Waals surface area contributed by atoms with Gasteiger partial charge >= 0.3 is 0 Å². The van der Waals surface area contributed by atoms with Crippen LogP contribution < -0.4 is 14.9 Å². The van der Waals surface area contributed by atoms with Crippen LogP contribution in [0.25, 0.3) is 17.1 Å². The van der Waals surface area contributed by atoms with Gasteiger partial charge in [0.2, 0.25) is 0 Å². The molecule has 2 heterocycles. The van der Waals surface area contributed by atoms with Crippen LogP contribution in [0.5, 0.6) is 11.5 Å². The zero-order valence-corrected chi connectivity index (χ0v) is 19.8. The predicted molar refractivity (Wildman–Crippen MR) is 132 cm³/mol. The van der Waals surface area contributed by atoms with Gasteiger partial charge in [0.15, 0.2) is 22.5 Å². The highest BCUT2D eigenvalue weighted by atomic mass is 32.2. The monoisotopic (exact) mass is 476 g/mol. The Bertz CT molecular complexity index is 1300. The van der Waals surface area contributed by atoms with Crippen LogP contribution in [0.3, 0.4) is 0 Å². The normalized spacial score (nSPS) is 11.0. The van der Waals surface area contributed by atoms with Gasteiger partial charge in [0.1, 0.15) is 0 Å². The number of benzene rings is 2. The van der Waals surface area contributed by atoms with Crippen molar-refractivity contribution in [3.05, 3.63) is 72.6 Å². The van der Waals surface area contributed by atoms with Crippen molar-refractivity contribution in [1.29, 1.82) is 0 Å². The second-order valence-corrected chi connectivity index (χ2v) is 8.12. The van der Waals surface area contributed by atoms with Gasteiger partial charge < -0.3 is 14.0 Å². The van der Waals surface area contributed by atoms with E-state index in [-0.39, 0.29) is 11.7 Å². The Morgan fingerprint density at radius 2 is 1.85 bits per heavy atom. The number of hydrazone groups is 1. The minimum Gasteiger partial charge on any atom is -0.493 e.